The SMILES string of the molecule is O=C(O)c1cc(C2CC2)c2nc(N3C[C@@H]4C[C@H]3C[C@H]4OC(=O)c3c(-c4c(Cl)cccc4Cl)noc3C3CC3)sc2c1. The molecule has 1 N–H and O–H groups in total. The van der Waals surface area contributed by atoms with Gasteiger partial charge in [0.25, 0.3) is 0 Å². The summed E-state index contributed by atoms with van der Waals surface area (Å²) in [7, 11) is 0. The topological polar surface area (TPSA) is 106 Å². The van der Waals surface area contributed by atoms with Crippen LogP contribution in [0.5, 0.6) is 0 Å². The minimum Gasteiger partial charge on any atom is -0.478 e. The number of rotatable bonds is 7. The van der Waals surface area contributed by atoms with E-state index >= 15 is 0 Å². The van der Waals surface area contributed by atoms with Crippen molar-refractivity contribution in [3.05, 3.63) is 62.8 Å². The van der Waals surface area contributed by atoms with E-state index in [4.69, 9.17) is 37.4 Å². The van der Waals surface area contributed by atoms with Crippen LogP contribution in [-0.4, -0.2) is 45.9 Å². The molecule has 0 unspecified atom stereocenters. The van der Waals surface area contributed by atoms with E-state index in [0.29, 0.717) is 50.5 Å². The second-order valence-electron chi connectivity index (χ2n) is 11.6. The molecule has 2 bridgehead atoms. The van der Waals surface area contributed by atoms with Crippen molar-refractivity contribution in [1.82, 2.24) is 10.1 Å². The van der Waals surface area contributed by atoms with E-state index in [2.05, 4.69) is 10.1 Å². The van der Waals surface area contributed by atoms with Crippen LogP contribution in [0.2, 0.25) is 10.0 Å². The van der Waals surface area contributed by atoms with Crippen LogP contribution >= 0.6 is 34.5 Å². The summed E-state index contributed by atoms with van der Waals surface area (Å²) in [6.45, 7) is 0.731. The third kappa shape index (κ3) is 4.32. The summed E-state index contributed by atoms with van der Waals surface area (Å²) >= 11 is 14.5. The zero-order chi connectivity index (χ0) is 28.0. The highest BCUT2D eigenvalue weighted by Crippen LogP contribution is 2.49. The predicted molar refractivity (Wildman–Crippen MR) is 156 cm³/mol. The van der Waals surface area contributed by atoms with Gasteiger partial charge in [0.15, 0.2) is 10.9 Å². The lowest BCUT2D eigenvalue weighted by molar-refractivity contribution is 0.0191. The molecule has 4 aliphatic rings. The third-order valence-corrected chi connectivity index (χ3v) is 10.5. The standard InChI is InChI=1S/C30H25Cl2N3O5S/c31-19-2-1-3-20(32)23(19)26-24(27(40-34-26)14-6-7-14)29(38)39-21-11-17-8-16(21)12-35(17)30-33-25-18(13-4-5-13)9-15(28(36)37)10-22(25)41-30/h1-3,9-10,13-14,16-17,21H,4-8,11-12H2,(H,36,37)/t16-,17-,21+/m0/s1. The fraction of sp³-hybridized carbons (Fsp3) is 0.400. The number of carboxylic acid groups (broad SMARTS) is 1. The Morgan fingerprint density at radius 2 is 1.83 bits per heavy atom. The lowest BCUT2D eigenvalue weighted by Gasteiger charge is -2.31. The number of thiazole rings is 1. The number of halogens is 2. The normalized spacial score (nSPS) is 23.5. The quantitative estimate of drug-likeness (QED) is 0.214. The van der Waals surface area contributed by atoms with E-state index in [0.717, 1.165) is 59.6 Å². The fourth-order valence-corrected chi connectivity index (χ4v) is 8.19. The van der Waals surface area contributed by atoms with Gasteiger partial charge in [-0.05, 0) is 67.9 Å². The van der Waals surface area contributed by atoms with Gasteiger partial charge in [-0.1, -0.05) is 45.8 Å². The number of piperidine rings is 1. The summed E-state index contributed by atoms with van der Waals surface area (Å²) in [6.07, 6.45) is 5.41. The lowest BCUT2D eigenvalue weighted by Crippen LogP contribution is -2.39. The van der Waals surface area contributed by atoms with E-state index < -0.39 is 11.9 Å². The highest BCUT2D eigenvalue weighted by molar-refractivity contribution is 7.22. The molecule has 4 fully saturated rings. The van der Waals surface area contributed by atoms with Gasteiger partial charge in [0.2, 0.25) is 0 Å². The first-order chi connectivity index (χ1) is 19.9. The van der Waals surface area contributed by atoms with Gasteiger partial charge in [0, 0.05) is 36.4 Å². The fourth-order valence-electron chi connectivity index (χ4n) is 6.50. The molecule has 8 rings (SSSR count). The van der Waals surface area contributed by atoms with Gasteiger partial charge in [0.1, 0.15) is 17.4 Å². The molecular weight excluding hydrogens is 585 g/mol. The number of carbonyl (C=O) groups excluding carboxylic acids is 1. The monoisotopic (exact) mass is 609 g/mol. The van der Waals surface area contributed by atoms with Gasteiger partial charge in [-0.15, -0.1) is 0 Å². The van der Waals surface area contributed by atoms with Crippen molar-refractivity contribution in [3.63, 3.8) is 0 Å². The van der Waals surface area contributed by atoms with Crippen molar-refractivity contribution in [2.45, 2.75) is 62.5 Å². The number of carbonyl (C=O) groups is 2. The molecule has 0 radical (unpaired) electrons. The Balaban J connectivity index is 1.04. The number of hydrogen-bond donors (Lipinski definition) is 1. The van der Waals surface area contributed by atoms with E-state index in [1.165, 1.54) is 0 Å². The predicted octanol–water partition coefficient (Wildman–Crippen LogP) is 7.54. The Hall–Kier alpha value is -3.14. The molecule has 1 saturated heterocycles. The number of fused-ring (bicyclic) bond motifs is 3. The Morgan fingerprint density at radius 3 is 2.49 bits per heavy atom. The molecule has 2 aromatic heterocycles. The number of carboxylic acids is 1. The molecule has 0 amide bonds. The van der Waals surface area contributed by atoms with Crippen molar-refractivity contribution in [2.75, 3.05) is 11.4 Å². The summed E-state index contributed by atoms with van der Waals surface area (Å²) < 4.78 is 12.7. The largest absolute Gasteiger partial charge is 0.478 e. The number of anilines is 1. The lowest BCUT2D eigenvalue weighted by atomic mass is 10.0. The zero-order valence-corrected chi connectivity index (χ0v) is 24.1. The Kier molecular flexibility index (Phi) is 5.89. The minimum absolute atomic E-state index is 0.150. The molecule has 210 valence electrons. The molecule has 8 nitrogen and oxygen atoms in total. The Bertz CT molecular complexity index is 1720. The summed E-state index contributed by atoms with van der Waals surface area (Å²) in [5.74, 6) is -0.0897. The summed E-state index contributed by atoms with van der Waals surface area (Å²) in [5.41, 5.74) is 3.43. The molecule has 3 atom stereocenters. The van der Waals surface area contributed by atoms with E-state index in [-0.39, 0.29) is 24.0 Å². The first kappa shape index (κ1) is 25.6. The molecule has 0 spiro atoms. The van der Waals surface area contributed by atoms with Crippen molar-refractivity contribution in [2.24, 2.45) is 5.92 Å². The van der Waals surface area contributed by atoms with Crippen molar-refractivity contribution >= 4 is 61.8 Å². The van der Waals surface area contributed by atoms with Gasteiger partial charge < -0.3 is 19.3 Å². The molecular formula is C30H25Cl2N3O5S. The number of nitrogens with zero attached hydrogens (tertiary/aromatic N) is 3. The molecule has 3 heterocycles. The molecule has 4 aromatic rings. The van der Waals surface area contributed by atoms with Crippen LogP contribution < -0.4 is 4.90 Å². The number of ether oxygens (including phenoxy) is 1. The average Bonchev–Trinajstić information content (AvgIpc) is 3.80. The van der Waals surface area contributed by atoms with Gasteiger partial charge in [-0.3, -0.25) is 0 Å². The Labute approximate surface area is 249 Å². The number of esters is 1. The number of aromatic carboxylic acids is 1. The second-order valence-corrected chi connectivity index (χ2v) is 13.4. The third-order valence-electron chi connectivity index (χ3n) is 8.83. The number of hydrogen-bond acceptors (Lipinski definition) is 8. The van der Waals surface area contributed by atoms with Crippen LogP contribution in [0.4, 0.5) is 5.13 Å². The zero-order valence-electron chi connectivity index (χ0n) is 21.8. The van der Waals surface area contributed by atoms with Crippen LogP contribution in [0.3, 0.4) is 0 Å². The van der Waals surface area contributed by atoms with Crippen molar-refractivity contribution in [3.8, 4) is 11.3 Å². The summed E-state index contributed by atoms with van der Waals surface area (Å²) in [5, 5.41) is 15.5. The molecule has 3 aliphatic carbocycles. The van der Waals surface area contributed by atoms with Gasteiger partial charge in [-0.25, -0.2) is 14.6 Å². The highest BCUT2D eigenvalue weighted by Gasteiger charge is 2.48. The van der Waals surface area contributed by atoms with E-state index in [1.54, 1.807) is 41.7 Å². The highest BCUT2D eigenvalue weighted by atomic mass is 35.5. The smallest absolute Gasteiger partial charge is 0.344 e. The molecule has 1 aliphatic heterocycles. The first-order valence-electron chi connectivity index (χ1n) is 13.9. The molecule has 3 saturated carbocycles. The second kappa shape index (κ2) is 9.44. The summed E-state index contributed by atoms with van der Waals surface area (Å²) in [6, 6.07) is 8.91. The van der Waals surface area contributed by atoms with E-state index in [1.807, 2.05) is 0 Å². The summed E-state index contributed by atoms with van der Waals surface area (Å²) in [4.78, 5) is 32.7. The number of aromatic nitrogens is 2. The number of benzene rings is 2. The van der Waals surface area contributed by atoms with Gasteiger partial charge >= 0.3 is 11.9 Å². The van der Waals surface area contributed by atoms with Gasteiger partial charge in [-0.2, -0.15) is 0 Å². The minimum atomic E-state index is -0.911. The maximum Gasteiger partial charge on any atom is 0.344 e. The maximum atomic E-state index is 13.7. The molecule has 41 heavy (non-hydrogen) atoms. The maximum absolute atomic E-state index is 13.7. The molecule has 11 heteroatoms. The van der Waals surface area contributed by atoms with E-state index in [9.17, 15) is 14.7 Å². The van der Waals surface area contributed by atoms with Crippen molar-refractivity contribution in [1.29, 1.82) is 0 Å². The van der Waals surface area contributed by atoms with Crippen LogP contribution in [0.1, 0.15) is 82.4 Å². The first-order valence-corrected chi connectivity index (χ1v) is 15.5. The van der Waals surface area contributed by atoms with Crippen LogP contribution in [0, 0.1) is 5.92 Å². The van der Waals surface area contributed by atoms with Crippen LogP contribution in [0.15, 0.2) is 34.9 Å². The molecule has 2 aromatic carbocycles. The van der Waals surface area contributed by atoms with Crippen LogP contribution in [0.25, 0.3) is 21.5 Å². The Morgan fingerprint density at radius 1 is 1.07 bits per heavy atom. The van der Waals surface area contributed by atoms with Crippen molar-refractivity contribution < 1.29 is 24.0 Å². The average molecular weight is 611 g/mol. The van der Waals surface area contributed by atoms with Crippen LogP contribution in [-0.2, 0) is 4.74 Å². The van der Waals surface area contributed by atoms with Gasteiger partial charge in [0.05, 0.1) is 25.8 Å².